The van der Waals surface area contributed by atoms with Crippen LogP contribution in [-0.2, 0) is 14.6 Å². The molecule has 2 amide bonds. The first-order valence-corrected chi connectivity index (χ1v) is 7.28. The summed E-state index contributed by atoms with van der Waals surface area (Å²) in [6.45, 7) is 0.442. The maximum absolute atomic E-state index is 11.1. The normalized spacial score (nSPS) is 10.9. The molecule has 0 saturated carbocycles. The van der Waals surface area contributed by atoms with E-state index in [1.165, 1.54) is 0 Å². The molecule has 3 N–H and O–H groups in total. The van der Waals surface area contributed by atoms with Crippen LogP contribution in [-0.4, -0.2) is 50.6 Å². The van der Waals surface area contributed by atoms with Gasteiger partial charge in [0.1, 0.15) is 9.84 Å². The van der Waals surface area contributed by atoms with Gasteiger partial charge in [0.2, 0.25) is 0 Å². The molecule has 7 nitrogen and oxygen atoms in total. The fourth-order valence-electron chi connectivity index (χ4n) is 1.02. The molecule has 0 unspecified atom stereocenters. The molecule has 0 heterocycles. The molecule has 0 aliphatic rings. The summed E-state index contributed by atoms with van der Waals surface area (Å²) < 4.78 is 21.5. The Bertz CT molecular complexity index is 352. The molecule has 0 atom stereocenters. The van der Waals surface area contributed by atoms with Crippen LogP contribution in [0.25, 0.3) is 0 Å². The van der Waals surface area contributed by atoms with Gasteiger partial charge in [-0.25, -0.2) is 13.2 Å². The first-order valence-electron chi connectivity index (χ1n) is 5.22. The number of carboxylic acid groups (broad SMARTS) is 1. The lowest BCUT2D eigenvalue weighted by molar-refractivity contribution is -0.137. The number of unbranched alkanes of at least 4 members (excludes halogenated alkanes) is 1. The molecular weight excluding hydrogens is 248 g/mol. The minimum Gasteiger partial charge on any atom is -0.481 e. The van der Waals surface area contributed by atoms with E-state index in [1.807, 2.05) is 0 Å². The molecule has 0 aromatic heterocycles. The summed E-state index contributed by atoms with van der Waals surface area (Å²) in [7, 11) is -3.07. The van der Waals surface area contributed by atoms with Gasteiger partial charge in [-0.05, 0) is 12.8 Å². The van der Waals surface area contributed by atoms with Crippen molar-refractivity contribution in [2.24, 2.45) is 0 Å². The van der Waals surface area contributed by atoms with Crippen molar-refractivity contribution in [3.63, 3.8) is 0 Å². The number of nitrogens with one attached hydrogen (secondary N) is 2. The van der Waals surface area contributed by atoms with E-state index in [1.54, 1.807) is 0 Å². The lowest BCUT2D eigenvalue weighted by atomic mass is 10.2. The molecule has 0 bridgehead atoms. The van der Waals surface area contributed by atoms with Crippen molar-refractivity contribution in [1.82, 2.24) is 10.6 Å². The summed E-state index contributed by atoms with van der Waals surface area (Å²) in [5.41, 5.74) is 0. The molecule has 100 valence electrons. The fourth-order valence-corrected chi connectivity index (χ4v) is 1.49. The van der Waals surface area contributed by atoms with Gasteiger partial charge in [-0.1, -0.05) is 0 Å². The molecule has 17 heavy (non-hydrogen) atoms. The van der Waals surface area contributed by atoms with E-state index in [0.29, 0.717) is 19.4 Å². The van der Waals surface area contributed by atoms with Crippen LogP contribution in [0.5, 0.6) is 0 Å². The van der Waals surface area contributed by atoms with E-state index in [2.05, 4.69) is 10.6 Å². The number of carboxylic acids is 1. The molecule has 8 heteroatoms. The summed E-state index contributed by atoms with van der Waals surface area (Å²) >= 11 is 0. The van der Waals surface area contributed by atoms with E-state index in [4.69, 9.17) is 5.11 Å². The Morgan fingerprint density at radius 2 is 1.71 bits per heavy atom. The second kappa shape index (κ2) is 7.88. The van der Waals surface area contributed by atoms with Crippen molar-refractivity contribution in [3.8, 4) is 0 Å². The summed E-state index contributed by atoms with van der Waals surface area (Å²) in [5.74, 6) is -0.956. The van der Waals surface area contributed by atoms with Gasteiger partial charge in [0.15, 0.2) is 0 Å². The average Bonchev–Trinajstić information content (AvgIpc) is 2.14. The van der Waals surface area contributed by atoms with E-state index < -0.39 is 21.8 Å². The van der Waals surface area contributed by atoms with Crippen molar-refractivity contribution in [3.05, 3.63) is 0 Å². The summed E-state index contributed by atoms with van der Waals surface area (Å²) in [5, 5.41) is 13.3. The van der Waals surface area contributed by atoms with Crippen molar-refractivity contribution in [2.75, 3.05) is 25.1 Å². The first kappa shape index (κ1) is 15.7. The monoisotopic (exact) mass is 266 g/mol. The van der Waals surface area contributed by atoms with Crippen LogP contribution in [0.15, 0.2) is 0 Å². The van der Waals surface area contributed by atoms with Gasteiger partial charge in [-0.2, -0.15) is 0 Å². The summed E-state index contributed by atoms with van der Waals surface area (Å²) in [6, 6.07) is -0.441. The molecule has 0 aliphatic carbocycles. The zero-order valence-corrected chi connectivity index (χ0v) is 10.5. The predicted octanol–water partition coefficient (Wildman–Crippen LogP) is -0.415. The smallest absolute Gasteiger partial charge is 0.314 e. The highest BCUT2D eigenvalue weighted by Gasteiger charge is 2.04. The zero-order valence-electron chi connectivity index (χ0n) is 9.73. The third kappa shape index (κ3) is 12.6. The van der Waals surface area contributed by atoms with E-state index in [9.17, 15) is 18.0 Å². The molecule has 0 aromatic carbocycles. The number of aliphatic carboxylic acids is 1. The van der Waals surface area contributed by atoms with Crippen LogP contribution in [0.1, 0.15) is 19.3 Å². The number of hydrogen-bond acceptors (Lipinski definition) is 4. The number of carbonyl (C=O) groups is 2. The standard InChI is InChI=1S/C9H18N2O5S/c1-17(15,16)7-6-11-9(14)10-5-3-2-4-8(12)13/h2-7H2,1H3,(H,12,13)(H2,10,11,14). The SMILES string of the molecule is CS(=O)(=O)CCNC(=O)NCCCCC(=O)O. The lowest BCUT2D eigenvalue weighted by Crippen LogP contribution is -2.38. The van der Waals surface area contributed by atoms with Crippen LogP contribution in [0, 0.1) is 0 Å². The van der Waals surface area contributed by atoms with Crippen LogP contribution in [0.2, 0.25) is 0 Å². The number of sulfone groups is 1. The topological polar surface area (TPSA) is 113 Å². The minimum atomic E-state index is -3.07. The number of amides is 2. The maximum atomic E-state index is 11.1. The first-order chi connectivity index (χ1) is 7.81. The third-order valence-corrected chi connectivity index (χ3v) is 2.81. The molecule has 0 aromatic rings. The van der Waals surface area contributed by atoms with Gasteiger partial charge in [0, 0.05) is 25.8 Å². The Hall–Kier alpha value is -1.31. The van der Waals surface area contributed by atoms with Crippen LogP contribution in [0.3, 0.4) is 0 Å². The van der Waals surface area contributed by atoms with Crippen molar-refractivity contribution >= 4 is 21.8 Å². The quantitative estimate of drug-likeness (QED) is 0.517. The highest BCUT2D eigenvalue weighted by atomic mass is 32.2. The van der Waals surface area contributed by atoms with Crippen LogP contribution in [0.4, 0.5) is 4.79 Å². The molecule has 0 radical (unpaired) electrons. The Morgan fingerprint density at radius 3 is 2.24 bits per heavy atom. The summed E-state index contributed by atoms with van der Waals surface area (Å²) in [4.78, 5) is 21.3. The fraction of sp³-hybridized carbons (Fsp3) is 0.778. The number of urea groups is 1. The van der Waals surface area contributed by atoms with Crippen LogP contribution >= 0.6 is 0 Å². The Balaban J connectivity index is 3.44. The number of rotatable bonds is 8. The van der Waals surface area contributed by atoms with Gasteiger partial charge in [-0.15, -0.1) is 0 Å². The molecule has 0 aliphatic heterocycles. The van der Waals surface area contributed by atoms with Crippen molar-refractivity contribution in [2.45, 2.75) is 19.3 Å². The molecule has 0 saturated heterocycles. The predicted molar refractivity (Wildman–Crippen MR) is 62.6 cm³/mol. The van der Waals surface area contributed by atoms with Gasteiger partial charge >= 0.3 is 12.0 Å². The van der Waals surface area contributed by atoms with Crippen molar-refractivity contribution in [1.29, 1.82) is 0 Å². The second-order valence-electron chi connectivity index (χ2n) is 3.66. The summed E-state index contributed by atoms with van der Waals surface area (Å²) in [6.07, 6.45) is 2.25. The highest BCUT2D eigenvalue weighted by molar-refractivity contribution is 7.90. The van der Waals surface area contributed by atoms with Gasteiger partial charge in [0.25, 0.3) is 0 Å². The zero-order chi connectivity index (χ0) is 13.3. The Morgan fingerprint density at radius 1 is 1.12 bits per heavy atom. The molecule has 0 spiro atoms. The van der Waals surface area contributed by atoms with E-state index in [-0.39, 0.29) is 18.7 Å². The largest absolute Gasteiger partial charge is 0.481 e. The molecule has 0 fully saturated rings. The molecular formula is C9H18N2O5S. The second-order valence-corrected chi connectivity index (χ2v) is 5.92. The third-order valence-electron chi connectivity index (χ3n) is 1.86. The minimum absolute atomic E-state index is 0.0692. The lowest BCUT2D eigenvalue weighted by Gasteiger charge is -2.06. The Labute approximate surface area is 101 Å². The average molecular weight is 266 g/mol. The van der Waals surface area contributed by atoms with Gasteiger partial charge < -0.3 is 15.7 Å². The van der Waals surface area contributed by atoms with Gasteiger partial charge in [0.05, 0.1) is 5.75 Å². The number of hydrogen-bond donors (Lipinski definition) is 3. The maximum Gasteiger partial charge on any atom is 0.314 e. The highest BCUT2D eigenvalue weighted by Crippen LogP contribution is 1.93. The number of carbonyl (C=O) groups excluding carboxylic acids is 1. The van der Waals surface area contributed by atoms with Gasteiger partial charge in [-0.3, -0.25) is 4.79 Å². The molecule has 0 rings (SSSR count). The Kier molecular flexibility index (Phi) is 7.27. The van der Waals surface area contributed by atoms with E-state index >= 15 is 0 Å². The van der Waals surface area contributed by atoms with E-state index in [0.717, 1.165) is 6.26 Å². The van der Waals surface area contributed by atoms with Crippen molar-refractivity contribution < 1.29 is 23.1 Å². The van der Waals surface area contributed by atoms with Crippen LogP contribution < -0.4 is 10.6 Å².